The minimum atomic E-state index is -0.416. The summed E-state index contributed by atoms with van der Waals surface area (Å²) in [5, 5.41) is 55.4. The summed E-state index contributed by atoms with van der Waals surface area (Å²) in [5.41, 5.74) is 0. The summed E-state index contributed by atoms with van der Waals surface area (Å²) in [6.45, 7) is 23.5. The molecule has 5 atom stereocenters. The Balaban J connectivity index is 2.71. The maximum Gasteiger partial charge on any atom is 0.0667 e. The van der Waals surface area contributed by atoms with Gasteiger partial charge >= 0.3 is 0 Å². The quantitative estimate of drug-likeness (QED) is 0.0377. The van der Waals surface area contributed by atoms with Crippen LogP contribution in [-0.4, -0.2) is 179 Å². The molecule has 1 rings (SSSR count). The van der Waals surface area contributed by atoms with Gasteiger partial charge < -0.3 is 25.5 Å². The highest BCUT2D eigenvalue weighted by Crippen LogP contribution is 2.17. The van der Waals surface area contributed by atoms with Gasteiger partial charge in [0.15, 0.2) is 0 Å². The van der Waals surface area contributed by atoms with Gasteiger partial charge in [0.05, 0.1) is 30.5 Å². The molecule has 1 saturated heterocycles. The maximum atomic E-state index is 11.2. The molecular weight excluding hydrogens is 883 g/mol. The van der Waals surface area contributed by atoms with Crippen LogP contribution in [-0.2, 0) is 0 Å². The van der Waals surface area contributed by atoms with E-state index in [4.69, 9.17) is 0 Å². The molecule has 0 spiro atoms. The first-order valence-electron chi connectivity index (χ1n) is 31.6. The van der Waals surface area contributed by atoms with Gasteiger partial charge in [0.1, 0.15) is 0 Å². The minimum absolute atomic E-state index is 0.339. The predicted molar refractivity (Wildman–Crippen MR) is 307 cm³/mol. The molecule has 1 aliphatic rings. The largest absolute Gasteiger partial charge is 0.392 e. The zero-order valence-electron chi connectivity index (χ0n) is 48.4. The fourth-order valence-electron chi connectivity index (χ4n) is 10.9. The average Bonchev–Trinajstić information content (AvgIpc) is 3.35. The van der Waals surface area contributed by atoms with E-state index < -0.39 is 6.10 Å². The van der Waals surface area contributed by atoms with E-state index in [1.54, 1.807) is 0 Å². The number of hydrogen-bond donors (Lipinski definition) is 5. The lowest BCUT2D eigenvalue weighted by Gasteiger charge is -2.37. The SMILES string of the molecule is CCCCCCCCCCC(O)CN(CCN1CCN(CCN(CCN(CC(O)CCCCCCCCCC)CC(O)CCCCCCCCCC)CC(C)O)CC1)CC(O)CCCCCCCCCC. The standard InChI is InChI=1S/C61H127N5O5/c1-6-10-14-18-22-26-30-34-38-58(68)53-65(54-59(69)39-35-31-27-23-19-15-11-7-2)50-47-63-44-42-62(43-45-63)46-48-64(52-57(5)67)49-51-66(55-60(70)40-36-32-28-24-20-16-12-8-3)56-61(71)41-37-33-29-25-21-17-13-9-4/h57-61,67-71H,6-56H2,1-5H3. The zero-order chi connectivity index (χ0) is 51.8. The first-order chi connectivity index (χ1) is 34.6. The summed E-state index contributed by atoms with van der Waals surface area (Å²) in [6, 6.07) is 0. The maximum absolute atomic E-state index is 11.2. The van der Waals surface area contributed by atoms with Gasteiger partial charge in [-0.2, -0.15) is 0 Å². The molecule has 0 aromatic rings. The molecule has 0 aromatic heterocycles. The summed E-state index contributed by atoms with van der Waals surface area (Å²) in [4.78, 5) is 12.2. The van der Waals surface area contributed by atoms with Crippen molar-refractivity contribution in [1.29, 1.82) is 0 Å². The molecule has 0 aromatic carbocycles. The molecule has 0 radical (unpaired) electrons. The Hall–Kier alpha value is -0.400. The summed E-state index contributed by atoms with van der Waals surface area (Å²) < 4.78 is 0. The molecule has 10 nitrogen and oxygen atoms in total. The number of aliphatic hydroxyl groups is 5. The lowest BCUT2D eigenvalue weighted by Crippen LogP contribution is -2.51. The van der Waals surface area contributed by atoms with E-state index in [2.05, 4.69) is 52.2 Å². The Morgan fingerprint density at radius 1 is 0.296 bits per heavy atom. The molecule has 10 heteroatoms. The van der Waals surface area contributed by atoms with Crippen molar-refractivity contribution in [3.8, 4) is 0 Å². The second kappa shape index (κ2) is 50.4. The minimum Gasteiger partial charge on any atom is -0.392 e. The van der Waals surface area contributed by atoms with Crippen LogP contribution in [0, 0.1) is 0 Å². The monoisotopic (exact) mass is 1010 g/mol. The lowest BCUT2D eigenvalue weighted by atomic mass is 10.0. The highest BCUT2D eigenvalue weighted by molar-refractivity contribution is 4.78. The average molecular weight is 1010 g/mol. The van der Waals surface area contributed by atoms with Crippen LogP contribution in [0.4, 0.5) is 0 Å². The first-order valence-corrected chi connectivity index (χ1v) is 31.6. The van der Waals surface area contributed by atoms with Crippen molar-refractivity contribution in [2.45, 2.75) is 296 Å². The van der Waals surface area contributed by atoms with Crippen molar-refractivity contribution in [1.82, 2.24) is 24.5 Å². The Kier molecular flexibility index (Phi) is 48.7. The molecule has 5 unspecified atom stereocenters. The van der Waals surface area contributed by atoms with Gasteiger partial charge in [0.2, 0.25) is 0 Å². The number of piperazine rings is 1. The molecule has 0 aliphatic carbocycles. The Morgan fingerprint density at radius 3 is 0.789 bits per heavy atom. The van der Waals surface area contributed by atoms with Crippen LogP contribution in [0.15, 0.2) is 0 Å². The van der Waals surface area contributed by atoms with Crippen LogP contribution < -0.4 is 0 Å². The van der Waals surface area contributed by atoms with Gasteiger partial charge in [-0.05, 0) is 32.6 Å². The van der Waals surface area contributed by atoms with Crippen molar-refractivity contribution in [2.24, 2.45) is 0 Å². The van der Waals surface area contributed by atoms with Gasteiger partial charge in [-0.1, -0.05) is 233 Å². The van der Waals surface area contributed by atoms with E-state index in [1.807, 2.05) is 6.92 Å². The van der Waals surface area contributed by atoms with Crippen molar-refractivity contribution in [3.63, 3.8) is 0 Å². The van der Waals surface area contributed by atoms with Crippen LogP contribution in [0.2, 0.25) is 0 Å². The van der Waals surface area contributed by atoms with E-state index in [-0.39, 0.29) is 24.4 Å². The van der Waals surface area contributed by atoms with E-state index in [1.165, 1.54) is 180 Å². The molecule has 1 fully saturated rings. The number of nitrogens with zero attached hydrogens (tertiary/aromatic N) is 5. The number of unbranched alkanes of at least 4 members (excludes halogenated alkanes) is 28. The normalized spacial score (nSPS) is 16.2. The van der Waals surface area contributed by atoms with Gasteiger partial charge in [0, 0.05) is 98.2 Å². The summed E-state index contributed by atoms with van der Waals surface area (Å²) >= 11 is 0. The third-order valence-corrected chi connectivity index (χ3v) is 15.6. The van der Waals surface area contributed by atoms with Crippen LogP contribution in [0.3, 0.4) is 0 Å². The molecule has 426 valence electrons. The Morgan fingerprint density at radius 2 is 0.521 bits per heavy atom. The highest BCUT2D eigenvalue weighted by Gasteiger charge is 2.22. The second-order valence-electron chi connectivity index (χ2n) is 23.0. The lowest BCUT2D eigenvalue weighted by molar-refractivity contribution is 0.0440. The van der Waals surface area contributed by atoms with E-state index in [0.717, 1.165) is 117 Å². The third kappa shape index (κ3) is 44.4. The summed E-state index contributed by atoms with van der Waals surface area (Å²) in [7, 11) is 0. The zero-order valence-corrected chi connectivity index (χ0v) is 48.4. The van der Waals surface area contributed by atoms with E-state index in [9.17, 15) is 25.5 Å². The number of rotatable bonds is 55. The van der Waals surface area contributed by atoms with E-state index >= 15 is 0 Å². The molecule has 71 heavy (non-hydrogen) atoms. The molecule has 1 aliphatic heterocycles. The first kappa shape index (κ1) is 68.6. The molecule has 0 saturated carbocycles. The fraction of sp³-hybridized carbons (Fsp3) is 1.00. The fourth-order valence-corrected chi connectivity index (χ4v) is 10.9. The molecule has 0 amide bonds. The Bertz CT molecular complexity index is 1010. The van der Waals surface area contributed by atoms with Gasteiger partial charge in [-0.15, -0.1) is 0 Å². The molecular formula is C61H127N5O5. The molecule has 1 heterocycles. The third-order valence-electron chi connectivity index (χ3n) is 15.6. The summed E-state index contributed by atoms with van der Waals surface area (Å²) in [5.74, 6) is 0. The van der Waals surface area contributed by atoms with E-state index in [0.29, 0.717) is 32.7 Å². The smallest absolute Gasteiger partial charge is 0.0667 e. The number of aliphatic hydroxyl groups excluding tert-OH is 5. The van der Waals surface area contributed by atoms with Crippen molar-refractivity contribution in [3.05, 3.63) is 0 Å². The summed E-state index contributed by atoms with van der Waals surface area (Å²) in [6.07, 6.45) is 42.1. The van der Waals surface area contributed by atoms with Gasteiger partial charge in [-0.3, -0.25) is 24.5 Å². The van der Waals surface area contributed by atoms with Crippen LogP contribution >= 0.6 is 0 Å². The van der Waals surface area contributed by atoms with Crippen LogP contribution in [0.5, 0.6) is 0 Å². The number of hydrogen-bond acceptors (Lipinski definition) is 10. The second-order valence-corrected chi connectivity index (χ2v) is 23.0. The highest BCUT2D eigenvalue weighted by atomic mass is 16.3. The molecule has 0 bridgehead atoms. The van der Waals surface area contributed by atoms with Crippen molar-refractivity contribution >= 4 is 0 Å². The van der Waals surface area contributed by atoms with Gasteiger partial charge in [0.25, 0.3) is 0 Å². The van der Waals surface area contributed by atoms with Crippen LogP contribution in [0.25, 0.3) is 0 Å². The molecule has 5 N–H and O–H groups in total. The topological polar surface area (TPSA) is 117 Å². The predicted octanol–water partition coefficient (Wildman–Crippen LogP) is 12.5. The van der Waals surface area contributed by atoms with Crippen molar-refractivity contribution in [2.75, 3.05) is 98.2 Å². The van der Waals surface area contributed by atoms with Gasteiger partial charge in [-0.25, -0.2) is 0 Å². The van der Waals surface area contributed by atoms with Crippen molar-refractivity contribution < 1.29 is 25.5 Å². The Labute approximate surface area is 442 Å². The van der Waals surface area contributed by atoms with Crippen LogP contribution in [0.1, 0.15) is 266 Å².